The van der Waals surface area contributed by atoms with Crippen molar-refractivity contribution in [1.82, 2.24) is 0 Å². The molecule has 1 atom stereocenters. The van der Waals surface area contributed by atoms with Gasteiger partial charge in [0.05, 0.1) is 11.6 Å². The van der Waals surface area contributed by atoms with E-state index in [9.17, 15) is 4.39 Å². The van der Waals surface area contributed by atoms with E-state index < -0.39 is 0 Å². The minimum atomic E-state index is -0.250. The van der Waals surface area contributed by atoms with Crippen LogP contribution in [-0.4, -0.2) is 6.61 Å². The van der Waals surface area contributed by atoms with Crippen LogP contribution < -0.4 is 0 Å². The van der Waals surface area contributed by atoms with Crippen molar-refractivity contribution in [3.63, 3.8) is 0 Å². The molecule has 0 aromatic heterocycles. The lowest BCUT2D eigenvalue weighted by Gasteiger charge is -2.37. The summed E-state index contributed by atoms with van der Waals surface area (Å²) in [5.41, 5.74) is 1.66. The fourth-order valence-electron chi connectivity index (χ4n) is 5.03. The van der Waals surface area contributed by atoms with Crippen molar-refractivity contribution in [2.24, 2.45) is 17.8 Å². The van der Waals surface area contributed by atoms with Crippen molar-refractivity contribution in [2.45, 2.75) is 70.3 Å². The van der Waals surface area contributed by atoms with E-state index in [0.717, 1.165) is 36.2 Å². The molecular weight excluding hydrogens is 323 g/mol. The van der Waals surface area contributed by atoms with E-state index in [2.05, 4.69) is 13.0 Å². The molecule has 24 heavy (non-hydrogen) atoms. The highest BCUT2D eigenvalue weighted by atomic mass is 35.5. The van der Waals surface area contributed by atoms with Gasteiger partial charge in [-0.3, -0.25) is 0 Å². The Labute approximate surface area is 149 Å². The SMILES string of the molecule is CC1CCC(C2CCC(c3ccc(C4CO4)c(F)c3Cl)CC2)CC1. The average Bonchev–Trinajstić information content (AvgIpc) is 3.43. The van der Waals surface area contributed by atoms with E-state index in [1.54, 1.807) is 0 Å². The Kier molecular flexibility index (Phi) is 4.88. The van der Waals surface area contributed by atoms with Crippen LogP contribution in [0.2, 0.25) is 5.02 Å². The van der Waals surface area contributed by atoms with Gasteiger partial charge < -0.3 is 4.74 Å². The molecule has 4 rings (SSSR count). The normalized spacial score (nSPS) is 36.5. The van der Waals surface area contributed by atoms with Crippen molar-refractivity contribution in [3.8, 4) is 0 Å². The number of rotatable bonds is 3. The van der Waals surface area contributed by atoms with Gasteiger partial charge in [0.2, 0.25) is 0 Å². The van der Waals surface area contributed by atoms with Gasteiger partial charge in [-0.15, -0.1) is 0 Å². The molecule has 1 unspecified atom stereocenters. The van der Waals surface area contributed by atoms with Gasteiger partial charge in [0.1, 0.15) is 11.9 Å². The Bertz CT molecular complexity index is 582. The lowest BCUT2D eigenvalue weighted by atomic mass is 9.68. The maximum atomic E-state index is 14.5. The van der Waals surface area contributed by atoms with Gasteiger partial charge >= 0.3 is 0 Å². The molecule has 3 fully saturated rings. The summed E-state index contributed by atoms with van der Waals surface area (Å²) in [7, 11) is 0. The van der Waals surface area contributed by atoms with Gasteiger partial charge in [0.15, 0.2) is 0 Å². The second-order valence-electron chi connectivity index (χ2n) is 8.33. The third-order valence-electron chi connectivity index (χ3n) is 6.76. The molecule has 1 aromatic carbocycles. The molecule has 3 heteroatoms. The van der Waals surface area contributed by atoms with Crippen LogP contribution >= 0.6 is 11.6 Å². The minimum absolute atomic E-state index is 0.0685. The molecule has 1 saturated heterocycles. The number of hydrogen-bond acceptors (Lipinski definition) is 1. The molecule has 1 nitrogen and oxygen atoms in total. The second kappa shape index (κ2) is 6.96. The standard InChI is InChI=1S/C21H28ClFO/c1-13-2-4-14(5-3-13)15-6-8-16(9-7-15)17-10-11-18(19-12-24-19)21(23)20(17)22/h10-11,13-16,19H,2-9,12H2,1H3. The predicted octanol–water partition coefficient (Wildman–Crippen LogP) is 6.65. The molecule has 0 radical (unpaired) electrons. The summed E-state index contributed by atoms with van der Waals surface area (Å²) in [6, 6.07) is 3.94. The Morgan fingerprint density at radius 2 is 1.46 bits per heavy atom. The highest BCUT2D eigenvalue weighted by molar-refractivity contribution is 6.31. The molecule has 1 aromatic rings. The first-order valence-corrected chi connectivity index (χ1v) is 10.1. The number of benzene rings is 1. The Morgan fingerprint density at radius 1 is 0.917 bits per heavy atom. The summed E-state index contributed by atoms with van der Waals surface area (Å²) in [5.74, 6) is 2.92. The van der Waals surface area contributed by atoms with Crippen LogP contribution in [0.25, 0.3) is 0 Å². The third-order valence-corrected chi connectivity index (χ3v) is 7.15. The topological polar surface area (TPSA) is 12.5 Å². The number of hydrogen-bond donors (Lipinski definition) is 0. The first-order valence-electron chi connectivity index (χ1n) is 9.73. The maximum Gasteiger partial charge on any atom is 0.147 e. The molecule has 2 saturated carbocycles. The smallest absolute Gasteiger partial charge is 0.147 e. The fraction of sp³-hybridized carbons (Fsp3) is 0.714. The molecule has 1 heterocycles. The van der Waals surface area contributed by atoms with E-state index in [4.69, 9.17) is 16.3 Å². The van der Waals surface area contributed by atoms with Crippen molar-refractivity contribution >= 4 is 11.6 Å². The van der Waals surface area contributed by atoms with Gasteiger partial charge in [-0.2, -0.15) is 0 Å². The molecule has 0 spiro atoms. The molecule has 3 aliphatic rings. The predicted molar refractivity (Wildman–Crippen MR) is 95.9 cm³/mol. The van der Waals surface area contributed by atoms with Crippen LogP contribution in [0.3, 0.4) is 0 Å². The van der Waals surface area contributed by atoms with Crippen molar-refractivity contribution in [3.05, 3.63) is 34.1 Å². The lowest BCUT2D eigenvalue weighted by Crippen LogP contribution is -2.25. The third kappa shape index (κ3) is 3.37. The fourth-order valence-corrected chi connectivity index (χ4v) is 5.36. The van der Waals surface area contributed by atoms with Crippen molar-refractivity contribution in [1.29, 1.82) is 0 Å². The monoisotopic (exact) mass is 350 g/mol. The molecular formula is C21H28ClFO. The summed E-state index contributed by atoms with van der Waals surface area (Å²) >= 11 is 6.37. The van der Waals surface area contributed by atoms with Crippen LogP contribution in [0.15, 0.2) is 12.1 Å². The number of ether oxygens (including phenoxy) is 1. The van der Waals surface area contributed by atoms with Crippen LogP contribution in [0, 0.1) is 23.6 Å². The summed E-state index contributed by atoms with van der Waals surface area (Å²) in [6.07, 6.45) is 10.5. The summed E-state index contributed by atoms with van der Waals surface area (Å²) < 4.78 is 19.7. The van der Waals surface area contributed by atoms with Crippen LogP contribution in [0.5, 0.6) is 0 Å². The van der Waals surface area contributed by atoms with E-state index in [-0.39, 0.29) is 11.9 Å². The molecule has 0 bridgehead atoms. The van der Waals surface area contributed by atoms with Gasteiger partial charge in [-0.1, -0.05) is 43.5 Å². The van der Waals surface area contributed by atoms with Crippen LogP contribution in [0.1, 0.15) is 81.4 Å². The molecule has 1 aliphatic heterocycles. The zero-order valence-electron chi connectivity index (χ0n) is 14.6. The zero-order valence-corrected chi connectivity index (χ0v) is 15.3. The average molecular weight is 351 g/mol. The minimum Gasteiger partial charge on any atom is -0.368 e. The molecule has 0 N–H and O–H groups in total. The molecule has 0 amide bonds. The Balaban J connectivity index is 1.40. The van der Waals surface area contributed by atoms with Crippen molar-refractivity contribution in [2.75, 3.05) is 6.61 Å². The number of halogens is 2. The maximum absolute atomic E-state index is 14.5. The first kappa shape index (κ1) is 16.8. The molecule has 2 aliphatic carbocycles. The van der Waals surface area contributed by atoms with Gasteiger partial charge in [-0.05, 0) is 67.8 Å². The summed E-state index contributed by atoms with van der Waals surface area (Å²) in [5, 5.41) is 0.345. The second-order valence-corrected chi connectivity index (χ2v) is 8.70. The van der Waals surface area contributed by atoms with E-state index in [1.165, 1.54) is 38.5 Å². The largest absolute Gasteiger partial charge is 0.368 e. The highest BCUT2D eigenvalue weighted by Crippen LogP contribution is 2.46. The Hall–Kier alpha value is -0.600. The zero-order chi connectivity index (χ0) is 16.7. The first-order chi connectivity index (χ1) is 11.6. The quantitative estimate of drug-likeness (QED) is 0.556. The highest BCUT2D eigenvalue weighted by Gasteiger charge is 2.33. The van der Waals surface area contributed by atoms with Gasteiger partial charge in [0.25, 0.3) is 0 Å². The van der Waals surface area contributed by atoms with Crippen LogP contribution in [-0.2, 0) is 4.74 Å². The lowest BCUT2D eigenvalue weighted by molar-refractivity contribution is 0.165. The Morgan fingerprint density at radius 3 is 2.04 bits per heavy atom. The van der Waals surface area contributed by atoms with E-state index in [1.807, 2.05) is 6.07 Å². The van der Waals surface area contributed by atoms with Crippen molar-refractivity contribution < 1.29 is 9.13 Å². The van der Waals surface area contributed by atoms with E-state index >= 15 is 0 Å². The van der Waals surface area contributed by atoms with Crippen LogP contribution in [0.4, 0.5) is 4.39 Å². The van der Waals surface area contributed by atoms with E-state index in [0.29, 0.717) is 23.1 Å². The van der Waals surface area contributed by atoms with Gasteiger partial charge in [0, 0.05) is 5.56 Å². The number of epoxide rings is 1. The van der Waals surface area contributed by atoms with Gasteiger partial charge in [-0.25, -0.2) is 4.39 Å². The molecule has 132 valence electrons. The summed E-state index contributed by atoms with van der Waals surface area (Å²) in [6.45, 7) is 3.01. The summed E-state index contributed by atoms with van der Waals surface area (Å²) in [4.78, 5) is 0.